The average Bonchev–Trinajstić information content (AvgIpc) is 3.25. The summed E-state index contributed by atoms with van der Waals surface area (Å²) in [5.74, 6) is 1.61. The first-order valence-corrected chi connectivity index (χ1v) is 13.8. The van der Waals surface area contributed by atoms with Crippen molar-refractivity contribution in [2.75, 3.05) is 0 Å². The molecule has 5 aliphatic rings. The molecule has 34 heavy (non-hydrogen) atoms. The molecular weight excluding hydrogens is 428 g/mol. The second-order valence-corrected chi connectivity index (χ2v) is 14.3. The summed E-state index contributed by atoms with van der Waals surface area (Å²) in [6.07, 6.45) is 9.10. The number of cyclic esters (lactones) is 1. The van der Waals surface area contributed by atoms with Gasteiger partial charge < -0.3 is 14.6 Å². The van der Waals surface area contributed by atoms with Gasteiger partial charge in [0.05, 0.1) is 5.60 Å². The molecule has 0 aromatic heterocycles. The SMILES string of the molecule is CC(=O)O[C@@H]1CC[C@]2(C)[C@H]3CC[C@@H]4C([C@@](C)(O)CC5OC5=O)CC[C@@]4(C)[C@]3(C)CC[C@H]2C1(C)C. The van der Waals surface area contributed by atoms with E-state index in [0.29, 0.717) is 24.2 Å². The van der Waals surface area contributed by atoms with E-state index in [1.165, 1.54) is 19.3 Å². The first-order chi connectivity index (χ1) is 15.7. The number of carbonyl (C=O) groups is 2. The molecule has 4 saturated carbocycles. The first-order valence-electron chi connectivity index (χ1n) is 13.8. The van der Waals surface area contributed by atoms with Crippen LogP contribution in [0.15, 0.2) is 0 Å². The van der Waals surface area contributed by atoms with Gasteiger partial charge in [0.15, 0.2) is 0 Å². The number of rotatable bonds is 4. The van der Waals surface area contributed by atoms with Crippen LogP contribution in [0.5, 0.6) is 0 Å². The molecule has 0 aromatic rings. The number of hydrogen-bond acceptors (Lipinski definition) is 5. The summed E-state index contributed by atoms with van der Waals surface area (Å²) in [6, 6.07) is 0. The molecule has 0 radical (unpaired) electrons. The van der Waals surface area contributed by atoms with Crippen molar-refractivity contribution < 1.29 is 24.2 Å². The van der Waals surface area contributed by atoms with Gasteiger partial charge in [-0.1, -0.05) is 34.6 Å². The van der Waals surface area contributed by atoms with Crippen molar-refractivity contribution in [3.05, 3.63) is 0 Å². The molecule has 1 N–H and O–H groups in total. The highest BCUT2D eigenvalue weighted by Crippen LogP contribution is 2.76. The van der Waals surface area contributed by atoms with Gasteiger partial charge in [0.2, 0.25) is 6.10 Å². The monoisotopic (exact) mass is 474 g/mol. The highest BCUT2D eigenvalue weighted by Gasteiger charge is 2.70. The van der Waals surface area contributed by atoms with Crippen LogP contribution in [0.4, 0.5) is 0 Å². The smallest absolute Gasteiger partial charge is 0.348 e. The molecule has 1 heterocycles. The van der Waals surface area contributed by atoms with Crippen LogP contribution in [-0.4, -0.2) is 34.9 Å². The van der Waals surface area contributed by atoms with Gasteiger partial charge in [0.1, 0.15) is 6.10 Å². The number of aliphatic hydroxyl groups is 1. The van der Waals surface area contributed by atoms with Crippen molar-refractivity contribution in [3.63, 3.8) is 0 Å². The summed E-state index contributed by atoms with van der Waals surface area (Å²) in [6.45, 7) is 15.8. The van der Waals surface area contributed by atoms with Crippen LogP contribution in [0.25, 0.3) is 0 Å². The van der Waals surface area contributed by atoms with E-state index in [2.05, 4.69) is 34.6 Å². The van der Waals surface area contributed by atoms with Crippen LogP contribution in [0.2, 0.25) is 0 Å². The Bertz CT molecular complexity index is 878. The van der Waals surface area contributed by atoms with Gasteiger partial charge in [-0.25, -0.2) is 4.79 Å². The lowest BCUT2D eigenvalue weighted by Gasteiger charge is -2.70. The zero-order valence-corrected chi connectivity index (χ0v) is 22.4. The largest absolute Gasteiger partial charge is 0.462 e. The molecule has 5 fully saturated rings. The highest BCUT2D eigenvalue weighted by molar-refractivity contribution is 5.87. The molecule has 10 atom stereocenters. The van der Waals surface area contributed by atoms with E-state index in [4.69, 9.17) is 9.47 Å². The molecule has 0 amide bonds. The van der Waals surface area contributed by atoms with E-state index in [9.17, 15) is 14.7 Å². The molecule has 0 spiro atoms. The highest BCUT2D eigenvalue weighted by atomic mass is 16.6. The molecule has 4 aliphatic carbocycles. The lowest BCUT2D eigenvalue weighted by atomic mass is 9.35. The molecule has 0 aromatic carbocycles. The lowest BCUT2D eigenvalue weighted by Crippen LogP contribution is -2.64. The molecule has 5 rings (SSSR count). The van der Waals surface area contributed by atoms with Gasteiger partial charge in [-0.3, -0.25) is 4.79 Å². The summed E-state index contributed by atoms with van der Waals surface area (Å²) in [5, 5.41) is 11.5. The third-order valence-corrected chi connectivity index (χ3v) is 12.5. The van der Waals surface area contributed by atoms with Crippen LogP contribution < -0.4 is 0 Å². The van der Waals surface area contributed by atoms with Crippen LogP contribution in [-0.2, 0) is 19.1 Å². The van der Waals surface area contributed by atoms with E-state index in [1.807, 2.05) is 6.92 Å². The Kier molecular flexibility index (Phi) is 5.39. The van der Waals surface area contributed by atoms with Gasteiger partial charge in [0.25, 0.3) is 0 Å². The second kappa shape index (κ2) is 7.46. The molecule has 1 aliphatic heterocycles. The first kappa shape index (κ1) is 24.6. The van der Waals surface area contributed by atoms with Crippen LogP contribution in [0.1, 0.15) is 106 Å². The van der Waals surface area contributed by atoms with E-state index in [0.717, 1.165) is 32.1 Å². The van der Waals surface area contributed by atoms with Crippen molar-refractivity contribution in [1.29, 1.82) is 0 Å². The van der Waals surface area contributed by atoms with Crippen molar-refractivity contribution >= 4 is 11.9 Å². The quantitative estimate of drug-likeness (QED) is 0.420. The molecule has 192 valence electrons. The van der Waals surface area contributed by atoms with E-state index in [1.54, 1.807) is 6.92 Å². The summed E-state index contributed by atoms with van der Waals surface area (Å²) in [5.41, 5.74) is -0.188. The van der Waals surface area contributed by atoms with Crippen molar-refractivity contribution in [2.45, 2.75) is 124 Å². The number of fused-ring (bicyclic) bond motifs is 5. The maximum atomic E-state index is 11.8. The Balaban J connectivity index is 1.42. The Labute approximate surface area is 205 Å². The zero-order valence-electron chi connectivity index (χ0n) is 22.4. The predicted molar refractivity (Wildman–Crippen MR) is 130 cm³/mol. The normalized spacial score (nSPS) is 50.8. The molecule has 5 heteroatoms. The number of carbonyl (C=O) groups excluding carboxylic acids is 2. The molecule has 2 unspecified atom stereocenters. The van der Waals surface area contributed by atoms with Crippen molar-refractivity contribution in [2.24, 2.45) is 45.3 Å². The number of hydrogen-bond donors (Lipinski definition) is 1. The van der Waals surface area contributed by atoms with Gasteiger partial charge >= 0.3 is 11.9 Å². The summed E-state index contributed by atoms with van der Waals surface area (Å²) < 4.78 is 10.9. The fourth-order valence-electron chi connectivity index (χ4n) is 10.6. The van der Waals surface area contributed by atoms with Gasteiger partial charge in [-0.05, 0) is 98.2 Å². The standard InChI is InChI=1S/C29H46O5/c1-17(30)33-23-12-13-26(4)21(25(23,2)3)11-15-28(6)22(26)9-8-18-19(10-14-27(18,28)5)29(7,32)16-20-24(31)34-20/h18-23,32H,8-16H2,1-7H3/t18-,19?,20?,21+,22-,23-,26+,27-,28-,29+/m1/s1. The van der Waals surface area contributed by atoms with Crippen molar-refractivity contribution in [1.82, 2.24) is 0 Å². The third kappa shape index (κ3) is 3.27. The van der Waals surface area contributed by atoms with Gasteiger partial charge in [0, 0.05) is 18.8 Å². The zero-order chi connectivity index (χ0) is 24.9. The van der Waals surface area contributed by atoms with Gasteiger partial charge in [-0.2, -0.15) is 0 Å². The van der Waals surface area contributed by atoms with Crippen LogP contribution >= 0.6 is 0 Å². The Hall–Kier alpha value is -1.10. The minimum atomic E-state index is -0.854. The summed E-state index contributed by atoms with van der Waals surface area (Å²) in [7, 11) is 0. The average molecular weight is 475 g/mol. The van der Waals surface area contributed by atoms with E-state index < -0.39 is 11.7 Å². The molecule has 5 nitrogen and oxygen atoms in total. The second-order valence-electron chi connectivity index (χ2n) is 14.3. The number of epoxide rings is 1. The Morgan fingerprint density at radius 1 is 1.00 bits per heavy atom. The predicted octanol–water partition coefficient (Wildman–Crippen LogP) is 5.67. The van der Waals surface area contributed by atoms with E-state index >= 15 is 0 Å². The fourth-order valence-corrected chi connectivity index (χ4v) is 10.6. The third-order valence-electron chi connectivity index (χ3n) is 12.5. The number of esters is 1. The minimum Gasteiger partial charge on any atom is -0.462 e. The Morgan fingerprint density at radius 2 is 1.65 bits per heavy atom. The van der Waals surface area contributed by atoms with E-state index in [-0.39, 0.29) is 45.6 Å². The Morgan fingerprint density at radius 3 is 2.26 bits per heavy atom. The van der Waals surface area contributed by atoms with Crippen LogP contribution in [0.3, 0.4) is 0 Å². The topological polar surface area (TPSA) is 76.1 Å². The molecular formula is C29H46O5. The van der Waals surface area contributed by atoms with Crippen LogP contribution in [0, 0.1) is 45.3 Å². The number of ether oxygens (including phenoxy) is 2. The molecule has 1 saturated heterocycles. The lowest BCUT2D eigenvalue weighted by molar-refractivity contribution is -0.229. The fraction of sp³-hybridized carbons (Fsp3) is 0.931. The molecule has 0 bridgehead atoms. The minimum absolute atomic E-state index is 0.0117. The van der Waals surface area contributed by atoms with Gasteiger partial charge in [-0.15, -0.1) is 0 Å². The maximum Gasteiger partial charge on any atom is 0.348 e. The maximum absolute atomic E-state index is 11.8. The summed E-state index contributed by atoms with van der Waals surface area (Å²) in [4.78, 5) is 23.3. The van der Waals surface area contributed by atoms with Crippen molar-refractivity contribution in [3.8, 4) is 0 Å². The summed E-state index contributed by atoms with van der Waals surface area (Å²) >= 11 is 0.